The van der Waals surface area contributed by atoms with Crippen LogP contribution in [0.2, 0.25) is 0 Å². The fraction of sp³-hybridized carbons (Fsp3) is 0.429. The summed E-state index contributed by atoms with van der Waals surface area (Å²) in [6.45, 7) is 5.88. The molecule has 1 rings (SSSR count). The zero-order chi connectivity index (χ0) is 14.5. The van der Waals surface area contributed by atoms with Crippen molar-refractivity contribution in [3.63, 3.8) is 0 Å². The first-order chi connectivity index (χ1) is 8.82. The van der Waals surface area contributed by atoms with Gasteiger partial charge < -0.3 is 16.4 Å². The van der Waals surface area contributed by atoms with E-state index >= 15 is 0 Å². The molecule has 0 aromatic heterocycles. The highest BCUT2D eigenvalue weighted by molar-refractivity contribution is 5.95. The van der Waals surface area contributed by atoms with E-state index in [0.717, 1.165) is 0 Å². The fourth-order valence-corrected chi connectivity index (χ4v) is 1.31. The average Bonchev–Trinajstić information content (AvgIpc) is 2.30. The summed E-state index contributed by atoms with van der Waals surface area (Å²) in [5.74, 6) is -0.165. The number of carbonyl (C=O) groups is 2. The second-order valence-corrected chi connectivity index (χ2v) is 5.37. The molecule has 0 atom stereocenters. The maximum Gasteiger partial charge on any atom is 0.229 e. The van der Waals surface area contributed by atoms with Crippen molar-refractivity contribution >= 4 is 23.2 Å². The van der Waals surface area contributed by atoms with Crippen molar-refractivity contribution in [2.75, 3.05) is 17.2 Å². The molecule has 4 N–H and O–H groups in total. The van der Waals surface area contributed by atoms with Crippen LogP contribution in [0.5, 0.6) is 0 Å². The van der Waals surface area contributed by atoms with Gasteiger partial charge in [0, 0.05) is 29.8 Å². The molecule has 0 fully saturated rings. The molecular weight excluding hydrogens is 242 g/mol. The third-order valence-corrected chi connectivity index (χ3v) is 2.48. The summed E-state index contributed by atoms with van der Waals surface area (Å²) >= 11 is 0. The molecule has 1 aromatic carbocycles. The molecule has 0 saturated carbocycles. The first-order valence-electron chi connectivity index (χ1n) is 6.24. The highest BCUT2D eigenvalue weighted by atomic mass is 16.2. The second kappa shape index (κ2) is 6.33. The minimum Gasteiger partial charge on any atom is -0.330 e. The molecule has 0 spiro atoms. The van der Waals surface area contributed by atoms with Gasteiger partial charge in [0.2, 0.25) is 11.8 Å². The second-order valence-electron chi connectivity index (χ2n) is 5.37. The molecule has 1 aromatic rings. The number of amides is 2. The van der Waals surface area contributed by atoms with E-state index < -0.39 is 5.41 Å². The van der Waals surface area contributed by atoms with E-state index in [2.05, 4.69) is 10.6 Å². The Kier molecular flexibility index (Phi) is 5.06. The summed E-state index contributed by atoms with van der Waals surface area (Å²) in [6, 6.07) is 6.99. The first-order valence-corrected chi connectivity index (χ1v) is 6.24. The van der Waals surface area contributed by atoms with Crippen molar-refractivity contribution in [1.82, 2.24) is 0 Å². The minimum atomic E-state index is -0.436. The van der Waals surface area contributed by atoms with Gasteiger partial charge in [0.1, 0.15) is 0 Å². The molecule has 5 nitrogen and oxygen atoms in total. The predicted molar refractivity (Wildman–Crippen MR) is 76.8 cm³/mol. The largest absolute Gasteiger partial charge is 0.330 e. The third kappa shape index (κ3) is 5.09. The van der Waals surface area contributed by atoms with Crippen LogP contribution in [0, 0.1) is 5.41 Å². The molecule has 104 valence electrons. The highest BCUT2D eigenvalue weighted by Crippen LogP contribution is 2.19. The zero-order valence-electron chi connectivity index (χ0n) is 11.6. The number of nitrogens with two attached hydrogens (primary N) is 1. The van der Waals surface area contributed by atoms with Crippen molar-refractivity contribution in [3.05, 3.63) is 24.3 Å². The van der Waals surface area contributed by atoms with Gasteiger partial charge in [-0.2, -0.15) is 0 Å². The Hall–Kier alpha value is -1.88. The monoisotopic (exact) mass is 263 g/mol. The molecule has 0 aliphatic carbocycles. The van der Waals surface area contributed by atoms with E-state index in [1.54, 1.807) is 24.3 Å². The van der Waals surface area contributed by atoms with Gasteiger partial charge in [-0.05, 0) is 24.3 Å². The Morgan fingerprint density at radius 3 is 1.95 bits per heavy atom. The standard InChI is InChI=1S/C14H21N3O2/c1-14(2,3)13(19)17-11-6-4-10(5-7-11)16-12(18)8-9-15/h4-7H,8-9,15H2,1-3H3,(H,16,18)(H,17,19). The summed E-state index contributed by atoms with van der Waals surface area (Å²) in [5, 5.41) is 5.54. The van der Waals surface area contributed by atoms with Crippen molar-refractivity contribution in [2.45, 2.75) is 27.2 Å². The molecule has 0 radical (unpaired) electrons. The van der Waals surface area contributed by atoms with Crippen LogP contribution in [0.25, 0.3) is 0 Å². The summed E-state index contributed by atoms with van der Waals surface area (Å²) in [4.78, 5) is 23.1. The lowest BCUT2D eigenvalue weighted by molar-refractivity contribution is -0.123. The number of nitrogens with one attached hydrogen (secondary N) is 2. The van der Waals surface area contributed by atoms with Crippen molar-refractivity contribution in [1.29, 1.82) is 0 Å². The normalized spacial score (nSPS) is 10.9. The van der Waals surface area contributed by atoms with E-state index in [0.29, 0.717) is 24.3 Å². The smallest absolute Gasteiger partial charge is 0.229 e. The van der Waals surface area contributed by atoms with Crippen molar-refractivity contribution in [3.8, 4) is 0 Å². The number of rotatable bonds is 4. The Morgan fingerprint density at radius 2 is 1.53 bits per heavy atom. The maximum absolute atomic E-state index is 11.8. The van der Waals surface area contributed by atoms with Gasteiger partial charge in [-0.25, -0.2) is 0 Å². The van der Waals surface area contributed by atoms with Crippen LogP contribution in [0.4, 0.5) is 11.4 Å². The summed E-state index contributed by atoms with van der Waals surface area (Å²) in [7, 11) is 0. The van der Waals surface area contributed by atoms with Gasteiger partial charge in [0.15, 0.2) is 0 Å². The lowest BCUT2D eigenvalue weighted by Gasteiger charge is -2.17. The van der Waals surface area contributed by atoms with Crippen LogP contribution < -0.4 is 16.4 Å². The summed E-state index contributed by atoms with van der Waals surface area (Å²) in [6.07, 6.45) is 0.294. The van der Waals surface area contributed by atoms with E-state index in [-0.39, 0.29) is 11.8 Å². The van der Waals surface area contributed by atoms with Crippen LogP contribution in [-0.4, -0.2) is 18.4 Å². The molecule has 0 heterocycles. The first kappa shape index (κ1) is 15.2. The lowest BCUT2D eigenvalue weighted by Crippen LogP contribution is -2.27. The zero-order valence-corrected chi connectivity index (χ0v) is 11.6. The number of benzene rings is 1. The molecule has 19 heavy (non-hydrogen) atoms. The third-order valence-electron chi connectivity index (χ3n) is 2.48. The van der Waals surface area contributed by atoms with Crippen LogP contribution in [0.3, 0.4) is 0 Å². The Bertz CT molecular complexity index is 447. The molecule has 0 saturated heterocycles. The van der Waals surface area contributed by atoms with Crippen LogP contribution in [0.15, 0.2) is 24.3 Å². The number of carbonyl (C=O) groups excluding carboxylic acids is 2. The number of hydrogen-bond donors (Lipinski definition) is 3. The summed E-state index contributed by atoms with van der Waals surface area (Å²) in [5.41, 5.74) is 6.25. The molecule has 0 aliphatic rings. The summed E-state index contributed by atoms with van der Waals surface area (Å²) < 4.78 is 0. The molecule has 0 unspecified atom stereocenters. The van der Waals surface area contributed by atoms with Gasteiger partial charge in [0.05, 0.1) is 0 Å². The van der Waals surface area contributed by atoms with E-state index in [1.807, 2.05) is 20.8 Å². The van der Waals surface area contributed by atoms with Gasteiger partial charge in [-0.1, -0.05) is 20.8 Å². The molecule has 0 aliphatic heterocycles. The average molecular weight is 263 g/mol. The molecule has 0 bridgehead atoms. The molecule has 2 amide bonds. The van der Waals surface area contributed by atoms with Crippen molar-refractivity contribution < 1.29 is 9.59 Å². The Morgan fingerprint density at radius 1 is 1.05 bits per heavy atom. The number of anilines is 2. The molecular formula is C14H21N3O2. The maximum atomic E-state index is 11.8. The van der Waals surface area contributed by atoms with Gasteiger partial charge in [-0.15, -0.1) is 0 Å². The number of hydrogen-bond acceptors (Lipinski definition) is 3. The van der Waals surface area contributed by atoms with Crippen LogP contribution >= 0.6 is 0 Å². The van der Waals surface area contributed by atoms with Gasteiger partial charge >= 0.3 is 0 Å². The van der Waals surface area contributed by atoms with E-state index in [1.165, 1.54) is 0 Å². The van der Waals surface area contributed by atoms with Gasteiger partial charge in [-0.3, -0.25) is 9.59 Å². The SMILES string of the molecule is CC(C)(C)C(=O)Nc1ccc(NC(=O)CCN)cc1. The Labute approximate surface area is 113 Å². The van der Waals surface area contributed by atoms with Crippen molar-refractivity contribution in [2.24, 2.45) is 11.1 Å². The molecule has 5 heteroatoms. The Balaban J connectivity index is 2.62. The van der Waals surface area contributed by atoms with E-state index in [9.17, 15) is 9.59 Å². The van der Waals surface area contributed by atoms with Gasteiger partial charge in [0.25, 0.3) is 0 Å². The van der Waals surface area contributed by atoms with E-state index in [4.69, 9.17) is 5.73 Å². The quantitative estimate of drug-likeness (QED) is 0.776. The van der Waals surface area contributed by atoms with Crippen LogP contribution in [0.1, 0.15) is 27.2 Å². The lowest BCUT2D eigenvalue weighted by atomic mass is 9.95. The van der Waals surface area contributed by atoms with Crippen LogP contribution in [-0.2, 0) is 9.59 Å². The predicted octanol–water partition coefficient (Wildman–Crippen LogP) is 1.96. The topological polar surface area (TPSA) is 84.2 Å². The highest BCUT2D eigenvalue weighted by Gasteiger charge is 2.20. The minimum absolute atomic E-state index is 0.0487. The fourth-order valence-electron chi connectivity index (χ4n) is 1.31.